The highest BCUT2D eigenvalue weighted by molar-refractivity contribution is 7.99. The lowest BCUT2D eigenvalue weighted by Crippen LogP contribution is -2.42. The lowest BCUT2D eigenvalue weighted by atomic mass is 10.1. The smallest absolute Gasteiger partial charge is 0.269 e. The van der Waals surface area contributed by atoms with E-state index in [0.717, 1.165) is 28.6 Å². The summed E-state index contributed by atoms with van der Waals surface area (Å²) in [5.41, 5.74) is 8.36. The minimum absolute atomic E-state index is 0.0210. The molecule has 0 aliphatic rings. The molecule has 2 N–H and O–H groups in total. The Balaban J connectivity index is 1.47. The number of hydrazine groups is 1. The first-order chi connectivity index (χ1) is 17.4. The second-order valence-corrected chi connectivity index (χ2v) is 9.17. The number of para-hydroxylation sites is 1. The van der Waals surface area contributed by atoms with Crippen molar-refractivity contribution in [3.63, 3.8) is 0 Å². The topological polar surface area (TPSA) is 110 Å². The zero-order valence-electron chi connectivity index (χ0n) is 19.6. The molecule has 0 spiro atoms. The SMILES string of the molecule is Cc1ccc(C)c(-n2c(=O)c3ccccc3n3c(SCC(=O)NNC(=O)c4ccccc4)nnc23)c1. The normalized spacial score (nSPS) is 11.1. The Morgan fingerprint density at radius 3 is 2.47 bits per heavy atom. The van der Waals surface area contributed by atoms with E-state index >= 15 is 0 Å². The second-order valence-electron chi connectivity index (χ2n) is 8.22. The van der Waals surface area contributed by atoms with E-state index in [1.165, 1.54) is 0 Å². The molecule has 5 aromatic rings. The summed E-state index contributed by atoms with van der Waals surface area (Å²) >= 11 is 1.15. The highest BCUT2D eigenvalue weighted by atomic mass is 32.2. The van der Waals surface area contributed by atoms with Crippen LogP contribution in [-0.4, -0.2) is 36.7 Å². The van der Waals surface area contributed by atoms with Crippen LogP contribution in [0.4, 0.5) is 0 Å². The monoisotopic (exact) mass is 498 g/mol. The number of nitrogens with one attached hydrogen (secondary N) is 2. The van der Waals surface area contributed by atoms with E-state index in [0.29, 0.717) is 27.4 Å². The van der Waals surface area contributed by atoms with Gasteiger partial charge in [-0.2, -0.15) is 0 Å². The van der Waals surface area contributed by atoms with Crippen LogP contribution in [0.15, 0.2) is 82.7 Å². The van der Waals surface area contributed by atoms with Crippen molar-refractivity contribution in [1.82, 2.24) is 30.0 Å². The maximum absolute atomic E-state index is 13.5. The van der Waals surface area contributed by atoms with Crippen molar-refractivity contribution in [3.05, 3.63) is 99.8 Å². The molecule has 5 rings (SSSR count). The molecule has 180 valence electrons. The third kappa shape index (κ3) is 4.34. The van der Waals surface area contributed by atoms with Crippen LogP contribution in [0.2, 0.25) is 0 Å². The number of aryl methyl sites for hydroxylation is 2. The Labute approximate surface area is 210 Å². The van der Waals surface area contributed by atoms with Crippen molar-refractivity contribution in [2.45, 2.75) is 19.0 Å². The fraction of sp³-hybridized carbons (Fsp3) is 0.115. The van der Waals surface area contributed by atoms with Crippen LogP contribution in [0.5, 0.6) is 0 Å². The summed E-state index contributed by atoms with van der Waals surface area (Å²) in [7, 11) is 0. The number of hydrogen-bond acceptors (Lipinski definition) is 6. The van der Waals surface area contributed by atoms with Crippen LogP contribution in [0.3, 0.4) is 0 Å². The zero-order chi connectivity index (χ0) is 25.2. The Morgan fingerprint density at radius 2 is 1.67 bits per heavy atom. The summed E-state index contributed by atoms with van der Waals surface area (Å²) in [6.45, 7) is 3.90. The molecule has 0 saturated carbocycles. The van der Waals surface area contributed by atoms with Gasteiger partial charge < -0.3 is 0 Å². The van der Waals surface area contributed by atoms with Gasteiger partial charge in [0.1, 0.15) is 0 Å². The molecule has 36 heavy (non-hydrogen) atoms. The Bertz CT molecular complexity index is 1680. The number of carbonyl (C=O) groups is 2. The van der Waals surface area contributed by atoms with E-state index in [-0.39, 0.29) is 11.3 Å². The van der Waals surface area contributed by atoms with Gasteiger partial charge in [0.15, 0.2) is 5.16 Å². The number of rotatable bonds is 5. The van der Waals surface area contributed by atoms with Gasteiger partial charge in [-0.3, -0.25) is 29.6 Å². The molecule has 0 bridgehead atoms. The van der Waals surface area contributed by atoms with Gasteiger partial charge in [0.2, 0.25) is 11.7 Å². The summed E-state index contributed by atoms with van der Waals surface area (Å²) in [5, 5.41) is 9.57. The van der Waals surface area contributed by atoms with E-state index in [2.05, 4.69) is 21.0 Å². The summed E-state index contributed by atoms with van der Waals surface area (Å²) < 4.78 is 3.33. The van der Waals surface area contributed by atoms with Crippen molar-refractivity contribution in [2.75, 3.05) is 5.75 Å². The lowest BCUT2D eigenvalue weighted by Gasteiger charge is -2.14. The number of carbonyl (C=O) groups excluding carboxylic acids is 2. The fourth-order valence-corrected chi connectivity index (χ4v) is 4.64. The first-order valence-corrected chi connectivity index (χ1v) is 12.2. The average Bonchev–Trinajstić information content (AvgIpc) is 3.32. The van der Waals surface area contributed by atoms with E-state index in [1.54, 1.807) is 45.4 Å². The van der Waals surface area contributed by atoms with E-state index in [4.69, 9.17) is 0 Å². The Kier molecular flexibility index (Phi) is 6.26. The molecular formula is C26H22N6O3S. The molecule has 0 fully saturated rings. The van der Waals surface area contributed by atoms with Gasteiger partial charge in [0.25, 0.3) is 11.5 Å². The van der Waals surface area contributed by atoms with Crippen LogP contribution < -0.4 is 16.4 Å². The van der Waals surface area contributed by atoms with Crippen LogP contribution in [-0.2, 0) is 4.79 Å². The largest absolute Gasteiger partial charge is 0.272 e. The lowest BCUT2D eigenvalue weighted by molar-refractivity contribution is -0.119. The van der Waals surface area contributed by atoms with E-state index < -0.39 is 11.8 Å². The maximum atomic E-state index is 13.5. The third-order valence-electron chi connectivity index (χ3n) is 5.68. The van der Waals surface area contributed by atoms with Crippen LogP contribution in [0.25, 0.3) is 22.4 Å². The molecular weight excluding hydrogens is 476 g/mol. The van der Waals surface area contributed by atoms with Crippen LogP contribution >= 0.6 is 11.8 Å². The first kappa shape index (κ1) is 23.3. The number of hydrogen-bond donors (Lipinski definition) is 2. The molecule has 0 atom stereocenters. The Hall–Kier alpha value is -4.44. The molecule has 10 heteroatoms. The number of fused-ring (bicyclic) bond motifs is 3. The van der Waals surface area contributed by atoms with E-state index in [9.17, 15) is 14.4 Å². The highest BCUT2D eigenvalue weighted by Crippen LogP contribution is 2.24. The third-order valence-corrected chi connectivity index (χ3v) is 6.61. The highest BCUT2D eigenvalue weighted by Gasteiger charge is 2.19. The summed E-state index contributed by atoms with van der Waals surface area (Å²) in [4.78, 5) is 38.1. The van der Waals surface area contributed by atoms with Crippen molar-refractivity contribution >= 4 is 40.3 Å². The zero-order valence-corrected chi connectivity index (χ0v) is 20.4. The summed E-state index contributed by atoms with van der Waals surface area (Å²) in [6, 6.07) is 21.7. The summed E-state index contributed by atoms with van der Waals surface area (Å²) in [5.74, 6) is -0.487. The molecule has 2 heterocycles. The van der Waals surface area contributed by atoms with Crippen molar-refractivity contribution in [1.29, 1.82) is 0 Å². The number of thioether (sulfide) groups is 1. The minimum Gasteiger partial charge on any atom is -0.272 e. The minimum atomic E-state index is -0.412. The van der Waals surface area contributed by atoms with Gasteiger partial charge in [0, 0.05) is 5.56 Å². The van der Waals surface area contributed by atoms with Gasteiger partial charge in [0.05, 0.1) is 22.3 Å². The Morgan fingerprint density at radius 1 is 0.917 bits per heavy atom. The molecule has 3 aromatic carbocycles. The quantitative estimate of drug-likeness (QED) is 0.284. The molecule has 0 aliphatic carbocycles. The van der Waals surface area contributed by atoms with Gasteiger partial charge in [-0.15, -0.1) is 10.2 Å². The van der Waals surface area contributed by atoms with Gasteiger partial charge in [-0.05, 0) is 55.3 Å². The molecule has 0 radical (unpaired) electrons. The van der Waals surface area contributed by atoms with Gasteiger partial charge >= 0.3 is 0 Å². The molecule has 0 saturated heterocycles. The van der Waals surface area contributed by atoms with Crippen molar-refractivity contribution in [3.8, 4) is 5.69 Å². The molecule has 2 aromatic heterocycles. The number of nitrogens with zero attached hydrogens (tertiary/aromatic N) is 4. The summed E-state index contributed by atoms with van der Waals surface area (Å²) in [6.07, 6.45) is 0. The van der Waals surface area contributed by atoms with E-state index in [1.807, 2.05) is 50.2 Å². The number of amides is 2. The second kappa shape index (κ2) is 9.67. The number of aromatic nitrogens is 4. The van der Waals surface area contributed by atoms with Gasteiger partial charge in [-0.1, -0.05) is 54.2 Å². The molecule has 2 amide bonds. The standard InChI is InChI=1S/C26H22N6O3S/c1-16-12-13-17(2)21(14-16)31-24(35)19-10-6-7-11-20(19)32-25(31)29-30-26(32)36-15-22(33)27-28-23(34)18-8-4-3-5-9-18/h3-14H,15H2,1-2H3,(H,27,33)(H,28,34). The van der Waals surface area contributed by atoms with Crippen molar-refractivity contribution in [2.24, 2.45) is 0 Å². The molecule has 0 aliphatic heterocycles. The maximum Gasteiger partial charge on any atom is 0.269 e. The average molecular weight is 499 g/mol. The predicted molar refractivity (Wildman–Crippen MR) is 138 cm³/mol. The van der Waals surface area contributed by atoms with Crippen LogP contribution in [0.1, 0.15) is 21.5 Å². The first-order valence-electron chi connectivity index (χ1n) is 11.2. The van der Waals surface area contributed by atoms with Crippen LogP contribution in [0, 0.1) is 13.8 Å². The fourth-order valence-electron chi connectivity index (χ4n) is 3.90. The van der Waals surface area contributed by atoms with Crippen molar-refractivity contribution < 1.29 is 9.59 Å². The van der Waals surface area contributed by atoms with Gasteiger partial charge in [-0.25, -0.2) is 4.57 Å². The predicted octanol–water partition coefficient (Wildman–Crippen LogP) is 3.20. The molecule has 0 unspecified atom stereocenters. The number of benzene rings is 3. The molecule has 9 nitrogen and oxygen atoms in total.